The van der Waals surface area contributed by atoms with Crippen LogP contribution in [0.25, 0.3) is 0 Å². The molecular formula is C12H17N3O2. The first kappa shape index (κ1) is 10.8. The van der Waals surface area contributed by atoms with E-state index in [0.717, 1.165) is 31.8 Å². The van der Waals surface area contributed by atoms with Crippen LogP contribution in [0.3, 0.4) is 0 Å². The molecule has 0 amide bonds. The Bertz CT molecular complexity index is 443. The summed E-state index contributed by atoms with van der Waals surface area (Å²) in [5.74, 6) is 0.583. The third-order valence-corrected chi connectivity index (χ3v) is 3.91. The number of likely N-dealkylation sites (tertiary alicyclic amines) is 1. The van der Waals surface area contributed by atoms with Crippen molar-refractivity contribution in [3.8, 4) is 0 Å². The second-order valence-electron chi connectivity index (χ2n) is 5.26. The van der Waals surface area contributed by atoms with Gasteiger partial charge in [-0.05, 0) is 26.4 Å². The zero-order valence-corrected chi connectivity index (χ0v) is 9.89. The maximum Gasteiger partial charge on any atom is 0.307 e. The van der Waals surface area contributed by atoms with Crippen LogP contribution in [-0.2, 0) is 4.79 Å². The van der Waals surface area contributed by atoms with E-state index in [4.69, 9.17) is 5.11 Å². The molecule has 5 nitrogen and oxygen atoms in total. The molecule has 0 radical (unpaired) electrons. The maximum atomic E-state index is 10.8. The van der Waals surface area contributed by atoms with Crippen molar-refractivity contribution >= 4 is 5.97 Å². The SMILES string of the molecule is CN1CCC(c2cnc(C3CC3C(=O)O)[nH]2)C1. The number of hydrogen-bond acceptors (Lipinski definition) is 3. The molecule has 1 aliphatic carbocycles. The molecule has 0 spiro atoms. The number of carbonyl (C=O) groups is 1. The van der Waals surface area contributed by atoms with Crippen LogP contribution >= 0.6 is 0 Å². The summed E-state index contributed by atoms with van der Waals surface area (Å²) in [6, 6.07) is 0. The third kappa shape index (κ3) is 1.95. The lowest BCUT2D eigenvalue weighted by Gasteiger charge is -2.07. The van der Waals surface area contributed by atoms with Gasteiger partial charge in [0.25, 0.3) is 0 Å². The average molecular weight is 235 g/mol. The van der Waals surface area contributed by atoms with Gasteiger partial charge in [-0.25, -0.2) is 4.98 Å². The van der Waals surface area contributed by atoms with Crippen LogP contribution in [0.1, 0.15) is 36.2 Å². The average Bonchev–Trinajstić information content (AvgIpc) is 2.74. The molecule has 3 rings (SSSR count). The van der Waals surface area contributed by atoms with E-state index in [1.54, 1.807) is 0 Å². The molecule has 0 aromatic carbocycles. The molecule has 1 saturated carbocycles. The normalized spacial score (nSPS) is 32.9. The molecule has 0 bridgehead atoms. The minimum absolute atomic E-state index is 0.111. The molecule has 2 aliphatic rings. The van der Waals surface area contributed by atoms with Gasteiger partial charge in [-0.1, -0.05) is 0 Å². The van der Waals surface area contributed by atoms with Crippen LogP contribution < -0.4 is 0 Å². The second kappa shape index (κ2) is 3.84. The highest BCUT2D eigenvalue weighted by Gasteiger charge is 2.46. The minimum Gasteiger partial charge on any atom is -0.481 e. The quantitative estimate of drug-likeness (QED) is 0.820. The first-order valence-corrected chi connectivity index (χ1v) is 6.11. The Balaban J connectivity index is 1.69. The van der Waals surface area contributed by atoms with Gasteiger partial charge in [-0.2, -0.15) is 0 Å². The van der Waals surface area contributed by atoms with Gasteiger partial charge in [0.05, 0.1) is 5.92 Å². The van der Waals surface area contributed by atoms with Crippen molar-refractivity contribution in [3.05, 3.63) is 17.7 Å². The molecule has 1 aromatic heterocycles. The fourth-order valence-electron chi connectivity index (χ4n) is 2.71. The van der Waals surface area contributed by atoms with Crippen molar-refractivity contribution in [3.63, 3.8) is 0 Å². The van der Waals surface area contributed by atoms with Gasteiger partial charge in [-0.3, -0.25) is 4.79 Å². The number of likely N-dealkylation sites (N-methyl/N-ethyl adjacent to an activating group) is 1. The number of imidazole rings is 1. The summed E-state index contributed by atoms with van der Waals surface area (Å²) in [4.78, 5) is 20.8. The molecule has 1 saturated heterocycles. The van der Waals surface area contributed by atoms with Gasteiger partial charge in [0.15, 0.2) is 0 Å². The van der Waals surface area contributed by atoms with E-state index < -0.39 is 5.97 Å². The number of nitrogens with one attached hydrogen (secondary N) is 1. The predicted octanol–water partition coefficient (Wildman–Crippen LogP) is 1.02. The van der Waals surface area contributed by atoms with E-state index in [1.165, 1.54) is 5.69 Å². The van der Waals surface area contributed by atoms with Gasteiger partial charge in [0.2, 0.25) is 0 Å². The van der Waals surface area contributed by atoms with E-state index in [1.807, 2.05) is 6.20 Å². The van der Waals surface area contributed by atoms with Crippen LogP contribution in [-0.4, -0.2) is 46.1 Å². The summed E-state index contributed by atoms with van der Waals surface area (Å²) in [5.41, 5.74) is 1.17. The van der Waals surface area contributed by atoms with Crippen molar-refractivity contribution < 1.29 is 9.90 Å². The van der Waals surface area contributed by atoms with Crippen LogP contribution in [0.2, 0.25) is 0 Å². The van der Waals surface area contributed by atoms with Crippen LogP contribution in [0, 0.1) is 5.92 Å². The first-order valence-electron chi connectivity index (χ1n) is 6.11. The lowest BCUT2D eigenvalue weighted by atomic mass is 10.1. The fraction of sp³-hybridized carbons (Fsp3) is 0.667. The standard InChI is InChI=1S/C12H17N3O2/c1-15-3-2-7(6-15)10-5-13-11(14-10)8-4-9(8)12(16)17/h5,7-9H,2-4,6H2,1H3,(H,13,14)(H,16,17). The number of carboxylic acids is 1. The number of aromatic nitrogens is 2. The summed E-state index contributed by atoms with van der Waals surface area (Å²) in [6.45, 7) is 2.19. The van der Waals surface area contributed by atoms with Crippen molar-refractivity contribution in [1.29, 1.82) is 0 Å². The monoisotopic (exact) mass is 235 g/mol. The predicted molar refractivity (Wildman–Crippen MR) is 61.9 cm³/mol. The number of aliphatic carboxylic acids is 1. The van der Waals surface area contributed by atoms with Crippen molar-refractivity contribution in [2.75, 3.05) is 20.1 Å². The van der Waals surface area contributed by atoms with Crippen molar-refractivity contribution in [1.82, 2.24) is 14.9 Å². The number of nitrogens with zero attached hydrogens (tertiary/aromatic N) is 2. The van der Waals surface area contributed by atoms with E-state index in [0.29, 0.717) is 5.92 Å². The van der Waals surface area contributed by atoms with E-state index in [9.17, 15) is 4.79 Å². The lowest BCUT2D eigenvalue weighted by Crippen LogP contribution is -2.13. The molecule has 92 valence electrons. The number of rotatable bonds is 3. The molecule has 2 N–H and O–H groups in total. The van der Waals surface area contributed by atoms with Gasteiger partial charge in [0.1, 0.15) is 5.82 Å². The molecule has 3 atom stereocenters. The Morgan fingerprint density at radius 3 is 3.06 bits per heavy atom. The van der Waals surface area contributed by atoms with E-state index >= 15 is 0 Å². The Kier molecular flexibility index (Phi) is 2.43. The molecule has 1 aliphatic heterocycles. The zero-order chi connectivity index (χ0) is 12.0. The smallest absolute Gasteiger partial charge is 0.307 e. The van der Waals surface area contributed by atoms with Gasteiger partial charge >= 0.3 is 5.97 Å². The Morgan fingerprint density at radius 2 is 2.47 bits per heavy atom. The van der Waals surface area contributed by atoms with Crippen LogP contribution in [0.15, 0.2) is 6.20 Å². The molecule has 3 unspecified atom stereocenters. The first-order chi connectivity index (χ1) is 8.15. The fourth-order valence-corrected chi connectivity index (χ4v) is 2.71. The molecule has 2 fully saturated rings. The molecule has 17 heavy (non-hydrogen) atoms. The van der Waals surface area contributed by atoms with Gasteiger partial charge < -0.3 is 15.0 Å². The summed E-state index contributed by atoms with van der Waals surface area (Å²) in [6.07, 6.45) is 3.77. The zero-order valence-electron chi connectivity index (χ0n) is 9.89. The molecular weight excluding hydrogens is 218 g/mol. The summed E-state index contributed by atoms with van der Waals surface area (Å²) < 4.78 is 0. The number of H-pyrrole nitrogens is 1. The summed E-state index contributed by atoms with van der Waals surface area (Å²) in [7, 11) is 2.12. The topological polar surface area (TPSA) is 69.2 Å². The lowest BCUT2D eigenvalue weighted by molar-refractivity contribution is -0.138. The van der Waals surface area contributed by atoms with Gasteiger partial charge in [-0.15, -0.1) is 0 Å². The largest absolute Gasteiger partial charge is 0.481 e. The van der Waals surface area contributed by atoms with E-state index in [-0.39, 0.29) is 11.8 Å². The Morgan fingerprint density at radius 1 is 1.65 bits per heavy atom. The Labute approximate surface area is 99.8 Å². The highest BCUT2D eigenvalue weighted by atomic mass is 16.4. The maximum absolute atomic E-state index is 10.8. The minimum atomic E-state index is -0.700. The third-order valence-electron chi connectivity index (χ3n) is 3.91. The number of carboxylic acid groups (broad SMARTS) is 1. The summed E-state index contributed by atoms with van der Waals surface area (Å²) in [5, 5.41) is 8.89. The number of aromatic amines is 1. The molecule has 5 heteroatoms. The van der Waals surface area contributed by atoms with E-state index in [2.05, 4.69) is 21.9 Å². The highest BCUT2D eigenvalue weighted by molar-refractivity contribution is 5.74. The Hall–Kier alpha value is -1.36. The highest BCUT2D eigenvalue weighted by Crippen LogP contribution is 2.46. The van der Waals surface area contributed by atoms with Gasteiger partial charge in [0, 0.05) is 30.3 Å². The molecule has 2 heterocycles. The second-order valence-corrected chi connectivity index (χ2v) is 5.26. The van der Waals surface area contributed by atoms with Crippen LogP contribution in [0.4, 0.5) is 0 Å². The molecule has 1 aromatic rings. The number of hydrogen-bond donors (Lipinski definition) is 2. The van der Waals surface area contributed by atoms with Crippen molar-refractivity contribution in [2.24, 2.45) is 5.92 Å². The summed E-state index contributed by atoms with van der Waals surface area (Å²) >= 11 is 0. The van der Waals surface area contributed by atoms with Crippen LogP contribution in [0.5, 0.6) is 0 Å². The van der Waals surface area contributed by atoms with Crippen molar-refractivity contribution in [2.45, 2.75) is 24.7 Å².